The average molecular weight is 285 g/mol. The standard InChI is InChI=1S/C13H17F2N3O2/c1-8(6-12(16)17-20)18(2)13(19)7-9-10(14)4-3-5-11(9)15/h3-5,8,20H,6-7H2,1-2H3,(H2,16,17). The van der Waals surface area contributed by atoms with Crippen LogP contribution in [0, 0.1) is 11.6 Å². The summed E-state index contributed by atoms with van der Waals surface area (Å²) in [6.07, 6.45) is -0.214. The van der Waals surface area contributed by atoms with Gasteiger partial charge in [0.25, 0.3) is 0 Å². The SMILES string of the molecule is CC(C/C(N)=N/O)N(C)C(=O)Cc1c(F)cccc1F. The van der Waals surface area contributed by atoms with Crippen LogP contribution in [0.2, 0.25) is 0 Å². The lowest BCUT2D eigenvalue weighted by Crippen LogP contribution is -2.38. The number of nitrogens with zero attached hydrogens (tertiary/aromatic N) is 2. The normalized spacial score (nSPS) is 13.1. The number of halogens is 2. The van der Waals surface area contributed by atoms with Crippen molar-refractivity contribution in [3.8, 4) is 0 Å². The third-order valence-corrected chi connectivity index (χ3v) is 3.08. The number of carbonyl (C=O) groups excluding carboxylic acids is 1. The Morgan fingerprint density at radius 3 is 2.50 bits per heavy atom. The van der Waals surface area contributed by atoms with Gasteiger partial charge in [-0.1, -0.05) is 11.2 Å². The van der Waals surface area contributed by atoms with E-state index < -0.39 is 17.5 Å². The number of amides is 1. The Hall–Kier alpha value is -2.18. The summed E-state index contributed by atoms with van der Waals surface area (Å²) in [7, 11) is 1.50. The first-order valence-electron chi connectivity index (χ1n) is 6.01. The van der Waals surface area contributed by atoms with E-state index in [0.29, 0.717) is 0 Å². The maximum absolute atomic E-state index is 13.5. The van der Waals surface area contributed by atoms with Crippen LogP contribution >= 0.6 is 0 Å². The Bertz CT molecular complexity index is 500. The van der Waals surface area contributed by atoms with E-state index in [1.165, 1.54) is 18.0 Å². The minimum Gasteiger partial charge on any atom is -0.409 e. The molecule has 0 spiro atoms. The predicted molar refractivity (Wildman–Crippen MR) is 70.3 cm³/mol. The number of rotatable bonds is 5. The van der Waals surface area contributed by atoms with Gasteiger partial charge in [-0.3, -0.25) is 4.79 Å². The van der Waals surface area contributed by atoms with Crippen LogP contribution in [-0.4, -0.2) is 34.9 Å². The van der Waals surface area contributed by atoms with Gasteiger partial charge in [0.05, 0.1) is 6.42 Å². The highest BCUT2D eigenvalue weighted by molar-refractivity contribution is 5.82. The van der Waals surface area contributed by atoms with Gasteiger partial charge >= 0.3 is 0 Å². The van der Waals surface area contributed by atoms with Crippen molar-refractivity contribution in [2.75, 3.05) is 7.05 Å². The van der Waals surface area contributed by atoms with E-state index in [-0.39, 0.29) is 30.3 Å². The Labute approximate surface area is 115 Å². The molecular formula is C13H17F2N3O2. The summed E-state index contributed by atoms with van der Waals surface area (Å²) in [6.45, 7) is 1.69. The van der Waals surface area contributed by atoms with E-state index in [9.17, 15) is 13.6 Å². The summed E-state index contributed by atoms with van der Waals surface area (Å²) in [4.78, 5) is 13.3. The second-order valence-electron chi connectivity index (χ2n) is 4.53. The molecule has 0 aliphatic carbocycles. The van der Waals surface area contributed by atoms with Gasteiger partial charge in [0, 0.05) is 25.1 Å². The predicted octanol–water partition coefficient (Wildman–Crippen LogP) is 1.49. The van der Waals surface area contributed by atoms with Crippen molar-refractivity contribution < 1.29 is 18.8 Å². The molecule has 5 nitrogen and oxygen atoms in total. The van der Waals surface area contributed by atoms with E-state index in [0.717, 1.165) is 12.1 Å². The van der Waals surface area contributed by atoms with Gasteiger partial charge < -0.3 is 15.8 Å². The zero-order valence-corrected chi connectivity index (χ0v) is 11.3. The van der Waals surface area contributed by atoms with Crippen LogP contribution in [-0.2, 0) is 11.2 Å². The molecule has 1 aromatic rings. The van der Waals surface area contributed by atoms with Crippen LogP contribution in [0.15, 0.2) is 23.4 Å². The lowest BCUT2D eigenvalue weighted by Gasteiger charge is -2.24. The summed E-state index contributed by atoms with van der Waals surface area (Å²) >= 11 is 0. The third-order valence-electron chi connectivity index (χ3n) is 3.08. The van der Waals surface area contributed by atoms with Gasteiger partial charge in [-0.25, -0.2) is 8.78 Å². The highest BCUT2D eigenvalue weighted by Crippen LogP contribution is 2.14. The molecule has 0 aliphatic heterocycles. The molecule has 0 aromatic heterocycles. The van der Waals surface area contributed by atoms with Gasteiger partial charge in [0.15, 0.2) is 0 Å². The summed E-state index contributed by atoms with van der Waals surface area (Å²) in [5.41, 5.74) is 5.09. The van der Waals surface area contributed by atoms with Crippen molar-refractivity contribution in [1.29, 1.82) is 0 Å². The molecule has 0 radical (unpaired) electrons. The second kappa shape index (κ2) is 6.83. The molecule has 1 atom stereocenters. The van der Waals surface area contributed by atoms with Gasteiger partial charge in [-0.05, 0) is 19.1 Å². The average Bonchev–Trinajstić information content (AvgIpc) is 2.41. The van der Waals surface area contributed by atoms with Crippen molar-refractivity contribution in [3.05, 3.63) is 35.4 Å². The molecule has 1 unspecified atom stereocenters. The highest BCUT2D eigenvalue weighted by Gasteiger charge is 2.20. The van der Waals surface area contributed by atoms with Crippen LogP contribution in [0.4, 0.5) is 8.78 Å². The first-order valence-corrected chi connectivity index (χ1v) is 6.01. The molecule has 20 heavy (non-hydrogen) atoms. The van der Waals surface area contributed by atoms with E-state index >= 15 is 0 Å². The number of amidine groups is 1. The fourth-order valence-electron chi connectivity index (χ4n) is 1.70. The number of nitrogens with two attached hydrogens (primary N) is 1. The van der Waals surface area contributed by atoms with Crippen molar-refractivity contribution in [2.24, 2.45) is 10.9 Å². The largest absolute Gasteiger partial charge is 0.409 e. The van der Waals surface area contributed by atoms with E-state index in [1.54, 1.807) is 6.92 Å². The number of oxime groups is 1. The third kappa shape index (κ3) is 3.91. The smallest absolute Gasteiger partial charge is 0.227 e. The molecule has 110 valence electrons. The number of hydrogen-bond donors (Lipinski definition) is 2. The molecule has 1 rings (SSSR count). The van der Waals surface area contributed by atoms with Gasteiger partial charge in [0.2, 0.25) is 5.91 Å². The molecule has 0 saturated heterocycles. The molecule has 1 aromatic carbocycles. The van der Waals surface area contributed by atoms with Crippen molar-refractivity contribution in [3.63, 3.8) is 0 Å². The second-order valence-corrected chi connectivity index (χ2v) is 4.53. The Morgan fingerprint density at radius 2 is 2.00 bits per heavy atom. The van der Waals surface area contributed by atoms with Crippen LogP contribution in [0.5, 0.6) is 0 Å². The summed E-state index contributed by atoms with van der Waals surface area (Å²) in [5, 5.41) is 11.3. The maximum atomic E-state index is 13.5. The van der Waals surface area contributed by atoms with Crippen molar-refractivity contribution in [2.45, 2.75) is 25.8 Å². The first kappa shape index (κ1) is 15.9. The van der Waals surface area contributed by atoms with Crippen LogP contribution in [0.1, 0.15) is 18.9 Å². The fraction of sp³-hybridized carbons (Fsp3) is 0.385. The molecule has 0 fully saturated rings. The quantitative estimate of drug-likeness (QED) is 0.372. The molecule has 0 saturated carbocycles. The topological polar surface area (TPSA) is 78.9 Å². The molecule has 1 amide bonds. The Kier molecular flexibility index (Phi) is 5.42. The number of hydrogen-bond acceptors (Lipinski definition) is 3. The number of benzene rings is 1. The molecule has 7 heteroatoms. The van der Waals surface area contributed by atoms with Crippen LogP contribution in [0.25, 0.3) is 0 Å². The van der Waals surface area contributed by atoms with Crippen molar-refractivity contribution >= 4 is 11.7 Å². The Morgan fingerprint density at radius 1 is 1.45 bits per heavy atom. The monoisotopic (exact) mass is 285 g/mol. The van der Waals surface area contributed by atoms with Crippen molar-refractivity contribution in [1.82, 2.24) is 4.90 Å². The zero-order chi connectivity index (χ0) is 15.3. The molecule has 3 N–H and O–H groups in total. The van der Waals surface area contributed by atoms with Crippen LogP contribution < -0.4 is 5.73 Å². The first-order chi connectivity index (χ1) is 9.36. The lowest BCUT2D eigenvalue weighted by molar-refractivity contribution is -0.130. The van der Waals surface area contributed by atoms with Crippen LogP contribution in [0.3, 0.4) is 0 Å². The summed E-state index contributed by atoms with van der Waals surface area (Å²) in [5.74, 6) is -1.98. The Balaban J connectivity index is 2.76. The molecule has 0 aliphatic rings. The summed E-state index contributed by atoms with van der Waals surface area (Å²) < 4.78 is 26.9. The minimum atomic E-state index is -0.754. The number of likely N-dealkylation sites (N-methyl/N-ethyl adjacent to an activating group) is 1. The molecular weight excluding hydrogens is 268 g/mol. The molecule has 0 heterocycles. The molecule has 0 bridgehead atoms. The van der Waals surface area contributed by atoms with Gasteiger partial charge in [-0.2, -0.15) is 0 Å². The van der Waals surface area contributed by atoms with E-state index in [1.807, 2.05) is 0 Å². The minimum absolute atomic E-state index is 0.0192. The van der Waals surface area contributed by atoms with E-state index in [4.69, 9.17) is 10.9 Å². The van der Waals surface area contributed by atoms with Gasteiger partial charge in [-0.15, -0.1) is 0 Å². The van der Waals surface area contributed by atoms with E-state index in [2.05, 4.69) is 5.16 Å². The lowest BCUT2D eigenvalue weighted by atomic mass is 10.1. The highest BCUT2D eigenvalue weighted by atomic mass is 19.1. The summed E-state index contributed by atoms with van der Waals surface area (Å²) in [6, 6.07) is 3.09. The fourth-order valence-corrected chi connectivity index (χ4v) is 1.70. The maximum Gasteiger partial charge on any atom is 0.227 e. The van der Waals surface area contributed by atoms with Gasteiger partial charge in [0.1, 0.15) is 17.5 Å². The zero-order valence-electron chi connectivity index (χ0n) is 11.3. The number of carbonyl (C=O) groups is 1.